The first-order valence-electron chi connectivity index (χ1n) is 8.99. The second kappa shape index (κ2) is 8.26. The molecule has 0 aromatic carbocycles. The van der Waals surface area contributed by atoms with E-state index in [0.717, 1.165) is 6.04 Å². The third-order valence-electron chi connectivity index (χ3n) is 4.86. The quantitative estimate of drug-likeness (QED) is 0.390. The van der Waals surface area contributed by atoms with Gasteiger partial charge in [0.15, 0.2) is 0 Å². The monoisotopic (exact) mass is 408 g/mol. The number of aliphatic imine (C=N–C) groups is 1. The van der Waals surface area contributed by atoms with E-state index < -0.39 is 38.3 Å². The van der Waals surface area contributed by atoms with Crippen molar-refractivity contribution < 1.29 is 27.2 Å². The molecular formula is C17H32BF3N2O3Si. The van der Waals surface area contributed by atoms with Gasteiger partial charge in [0.25, 0.3) is 0 Å². The first-order valence-corrected chi connectivity index (χ1v) is 12.7. The summed E-state index contributed by atoms with van der Waals surface area (Å²) in [5.41, 5.74) is 2.38. The standard InChI is InChI=1S/C17H32BF3N2O3Si/c1-12(23-11-24-9-10-27(6,7)8)13(14(22)17(19,20)21)18-25-15(2,3)16(4,5)26-18/h9-11,22H2,1-8H3. The van der Waals surface area contributed by atoms with E-state index in [-0.39, 0.29) is 17.9 Å². The molecule has 0 saturated carbocycles. The van der Waals surface area contributed by atoms with Crippen LogP contribution in [-0.2, 0) is 14.0 Å². The lowest BCUT2D eigenvalue weighted by molar-refractivity contribution is -0.0930. The van der Waals surface area contributed by atoms with E-state index in [1.54, 1.807) is 27.7 Å². The van der Waals surface area contributed by atoms with Gasteiger partial charge < -0.3 is 19.8 Å². The molecule has 1 aliphatic heterocycles. The average molecular weight is 408 g/mol. The van der Waals surface area contributed by atoms with Gasteiger partial charge in [-0.1, -0.05) is 19.6 Å². The maximum Gasteiger partial charge on any atom is 0.498 e. The molecule has 5 nitrogen and oxygen atoms in total. The molecule has 1 aliphatic rings. The Hall–Kier alpha value is -0.838. The number of hydrogen-bond donors (Lipinski definition) is 1. The predicted octanol–water partition coefficient (Wildman–Crippen LogP) is 4.17. The Morgan fingerprint density at radius 2 is 1.59 bits per heavy atom. The van der Waals surface area contributed by atoms with Gasteiger partial charge in [0.05, 0.1) is 11.2 Å². The van der Waals surface area contributed by atoms with Crippen LogP contribution in [0.15, 0.2) is 16.2 Å². The Balaban J connectivity index is 3.03. The van der Waals surface area contributed by atoms with Crippen molar-refractivity contribution in [2.75, 3.05) is 13.3 Å². The summed E-state index contributed by atoms with van der Waals surface area (Å²) in [6, 6.07) is 0.951. The lowest BCUT2D eigenvalue weighted by Gasteiger charge is -2.32. The van der Waals surface area contributed by atoms with Crippen LogP contribution in [0.5, 0.6) is 0 Å². The summed E-state index contributed by atoms with van der Waals surface area (Å²) < 4.78 is 56.9. The van der Waals surface area contributed by atoms with E-state index in [1.807, 2.05) is 0 Å². The van der Waals surface area contributed by atoms with Crippen molar-refractivity contribution >= 4 is 20.9 Å². The normalized spacial score (nSPS) is 21.4. The maximum absolute atomic E-state index is 13.3. The number of hydrogen-bond acceptors (Lipinski definition) is 5. The molecule has 0 radical (unpaired) electrons. The number of nitrogens with zero attached hydrogens (tertiary/aromatic N) is 1. The molecule has 2 N–H and O–H groups in total. The zero-order chi connectivity index (χ0) is 21.3. The molecule has 1 rings (SSSR count). The van der Waals surface area contributed by atoms with Crippen LogP contribution in [-0.4, -0.2) is 51.6 Å². The molecule has 0 bridgehead atoms. The zero-order valence-corrected chi connectivity index (χ0v) is 18.6. The van der Waals surface area contributed by atoms with Gasteiger partial charge in [0, 0.05) is 25.9 Å². The van der Waals surface area contributed by atoms with Crippen molar-refractivity contribution in [1.82, 2.24) is 0 Å². The van der Waals surface area contributed by atoms with Crippen molar-refractivity contribution in [3.8, 4) is 0 Å². The Morgan fingerprint density at radius 1 is 1.11 bits per heavy atom. The fourth-order valence-corrected chi connectivity index (χ4v) is 3.03. The highest BCUT2D eigenvalue weighted by Gasteiger charge is 2.54. The van der Waals surface area contributed by atoms with E-state index in [9.17, 15) is 13.2 Å². The van der Waals surface area contributed by atoms with Crippen molar-refractivity contribution in [2.45, 2.75) is 77.7 Å². The Labute approximate surface area is 161 Å². The minimum Gasteiger partial charge on any atom is -0.399 e. The Morgan fingerprint density at radius 3 is 2.00 bits per heavy atom. The molecule has 1 saturated heterocycles. The van der Waals surface area contributed by atoms with Crippen molar-refractivity contribution in [1.29, 1.82) is 0 Å². The summed E-state index contributed by atoms with van der Waals surface area (Å²) >= 11 is 0. The average Bonchev–Trinajstić information content (AvgIpc) is 2.64. The van der Waals surface area contributed by atoms with E-state index in [4.69, 9.17) is 19.8 Å². The molecule has 156 valence electrons. The smallest absolute Gasteiger partial charge is 0.399 e. The predicted molar refractivity (Wildman–Crippen MR) is 105 cm³/mol. The van der Waals surface area contributed by atoms with Gasteiger partial charge in [-0.2, -0.15) is 13.2 Å². The topological polar surface area (TPSA) is 66.1 Å². The van der Waals surface area contributed by atoms with Crippen molar-refractivity contribution in [3.05, 3.63) is 11.2 Å². The largest absolute Gasteiger partial charge is 0.498 e. The minimum absolute atomic E-state index is 0.0372. The lowest BCUT2D eigenvalue weighted by atomic mass is 9.74. The van der Waals surface area contributed by atoms with Gasteiger partial charge in [-0.05, 0) is 40.7 Å². The third kappa shape index (κ3) is 6.62. The molecule has 0 amide bonds. The van der Waals surface area contributed by atoms with Gasteiger partial charge in [0.2, 0.25) is 0 Å². The lowest BCUT2D eigenvalue weighted by Crippen LogP contribution is -2.41. The van der Waals surface area contributed by atoms with Gasteiger partial charge in [0.1, 0.15) is 12.4 Å². The first-order chi connectivity index (χ1) is 12.0. The van der Waals surface area contributed by atoms with Gasteiger partial charge in [-0.15, -0.1) is 0 Å². The summed E-state index contributed by atoms with van der Waals surface area (Å²) in [4.78, 5) is 4.13. The first kappa shape index (κ1) is 24.2. The van der Waals surface area contributed by atoms with Crippen LogP contribution in [0.25, 0.3) is 0 Å². The number of nitrogens with two attached hydrogens (primary N) is 1. The highest BCUT2D eigenvalue weighted by atomic mass is 28.3. The summed E-state index contributed by atoms with van der Waals surface area (Å²) in [5.74, 6) is 0. The molecular weight excluding hydrogens is 376 g/mol. The van der Waals surface area contributed by atoms with Crippen LogP contribution in [0.4, 0.5) is 13.2 Å². The molecule has 0 aromatic rings. The van der Waals surface area contributed by atoms with E-state index in [1.165, 1.54) is 6.92 Å². The van der Waals surface area contributed by atoms with Crippen LogP contribution >= 0.6 is 0 Å². The second-order valence-electron chi connectivity index (χ2n) is 9.00. The zero-order valence-electron chi connectivity index (χ0n) is 17.6. The van der Waals surface area contributed by atoms with Crippen LogP contribution in [0.1, 0.15) is 34.6 Å². The minimum atomic E-state index is -4.71. The molecule has 27 heavy (non-hydrogen) atoms. The van der Waals surface area contributed by atoms with E-state index in [0.29, 0.717) is 6.61 Å². The van der Waals surface area contributed by atoms with Crippen LogP contribution < -0.4 is 5.73 Å². The number of halogens is 3. The number of rotatable bonds is 7. The molecule has 0 aromatic heterocycles. The molecule has 0 unspecified atom stereocenters. The summed E-state index contributed by atoms with van der Waals surface area (Å²) in [5, 5.41) is 0. The molecule has 10 heteroatoms. The third-order valence-corrected chi connectivity index (χ3v) is 6.57. The molecule has 1 heterocycles. The van der Waals surface area contributed by atoms with E-state index >= 15 is 0 Å². The fourth-order valence-electron chi connectivity index (χ4n) is 2.28. The van der Waals surface area contributed by atoms with Crippen LogP contribution in [0.3, 0.4) is 0 Å². The summed E-state index contributed by atoms with van der Waals surface area (Å²) in [6.07, 6.45) is -4.71. The molecule has 0 spiro atoms. The summed E-state index contributed by atoms with van der Waals surface area (Å²) in [7, 11) is -2.49. The second-order valence-corrected chi connectivity index (χ2v) is 14.6. The Kier molecular flexibility index (Phi) is 7.41. The van der Waals surface area contributed by atoms with Crippen molar-refractivity contribution in [3.63, 3.8) is 0 Å². The van der Waals surface area contributed by atoms with Crippen molar-refractivity contribution in [2.24, 2.45) is 10.7 Å². The molecule has 0 aliphatic carbocycles. The SMILES string of the molecule is CC(=NCOCC[Si](C)(C)C)C(B1OC(C)(C)C(C)(C)O1)=C(N)C(F)(F)F. The Bertz CT molecular complexity index is 583. The number of alkyl halides is 3. The number of ether oxygens (including phenoxy) is 1. The van der Waals surface area contributed by atoms with E-state index in [2.05, 4.69) is 24.6 Å². The van der Waals surface area contributed by atoms with Gasteiger partial charge >= 0.3 is 13.3 Å². The molecule has 1 fully saturated rings. The van der Waals surface area contributed by atoms with Crippen LogP contribution in [0, 0.1) is 0 Å². The highest BCUT2D eigenvalue weighted by Crippen LogP contribution is 2.40. The maximum atomic E-state index is 13.3. The highest BCUT2D eigenvalue weighted by molar-refractivity contribution is 6.76. The number of allylic oxidation sites excluding steroid dienone is 2. The van der Waals surface area contributed by atoms with Gasteiger partial charge in [-0.25, -0.2) is 0 Å². The van der Waals surface area contributed by atoms with Gasteiger partial charge in [-0.3, -0.25) is 4.99 Å². The van der Waals surface area contributed by atoms with Crippen LogP contribution in [0.2, 0.25) is 25.7 Å². The summed E-state index contributed by atoms with van der Waals surface area (Å²) in [6.45, 7) is 15.7. The fraction of sp³-hybridized carbons (Fsp3) is 0.824. The molecule has 0 atom stereocenters.